The van der Waals surface area contributed by atoms with E-state index in [-0.39, 0.29) is 12.5 Å². The number of aryl methyl sites for hydroxylation is 2. The first-order chi connectivity index (χ1) is 6.99. The maximum Gasteiger partial charge on any atom is 0.307 e. The number of rotatable bonds is 4. The average Bonchev–Trinajstić information content (AvgIpc) is 2.10. The van der Waals surface area contributed by atoms with E-state index in [1.165, 1.54) is 5.56 Å². The van der Waals surface area contributed by atoms with Crippen molar-refractivity contribution in [1.29, 1.82) is 0 Å². The zero-order chi connectivity index (χ0) is 11.4. The Hall–Kier alpha value is -1.51. The fraction of sp³-hybridized carbons (Fsp3) is 0.417. The number of carboxylic acid groups (broad SMARTS) is 1. The summed E-state index contributed by atoms with van der Waals surface area (Å²) in [5.41, 5.74) is 2.35. The van der Waals surface area contributed by atoms with Crippen molar-refractivity contribution >= 4 is 5.97 Å². The van der Waals surface area contributed by atoms with Crippen LogP contribution in [0.2, 0.25) is 0 Å². The van der Waals surface area contributed by atoms with E-state index in [9.17, 15) is 4.79 Å². The highest BCUT2D eigenvalue weighted by Crippen LogP contribution is 2.18. The summed E-state index contributed by atoms with van der Waals surface area (Å²) in [6, 6.07) is 5.76. The third-order valence-electron chi connectivity index (χ3n) is 2.28. The fourth-order valence-electron chi connectivity index (χ4n) is 1.31. The molecule has 0 spiro atoms. The first-order valence-corrected chi connectivity index (χ1v) is 4.94. The summed E-state index contributed by atoms with van der Waals surface area (Å²) in [5.74, 6) is -0.113. The van der Waals surface area contributed by atoms with E-state index in [1.54, 1.807) is 6.92 Å². The molecular weight excluding hydrogens is 192 g/mol. The minimum atomic E-state index is -0.841. The smallest absolute Gasteiger partial charge is 0.307 e. The van der Waals surface area contributed by atoms with Gasteiger partial charge in [-0.25, -0.2) is 0 Å². The highest BCUT2D eigenvalue weighted by Gasteiger charge is 2.09. The maximum absolute atomic E-state index is 10.4. The number of benzene rings is 1. The predicted octanol–water partition coefficient (Wildman–Crippen LogP) is 2.55. The van der Waals surface area contributed by atoms with Gasteiger partial charge in [-0.2, -0.15) is 0 Å². The second kappa shape index (κ2) is 4.82. The minimum Gasteiger partial charge on any atom is -0.490 e. The standard InChI is InChI=1S/C12H16O3/c1-8-4-5-11(6-9(8)2)15-10(3)7-12(13)14/h4-6,10H,7H2,1-3H3,(H,13,14)/t10-/m0/s1. The molecular formula is C12H16O3. The minimum absolute atomic E-state index is 0.0208. The molecule has 82 valence electrons. The van der Waals surface area contributed by atoms with Crippen LogP contribution >= 0.6 is 0 Å². The van der Waals surface area contributed by atoms with Crippen LogP contribution in [0.3, 0.4) is 0 Å². The molecule has 0 aliphatic rings. The second-order valence-electron chi connectivity index (χ2n) is 3.77. The molecule has 0 aliphatic heterocycles. The molecule has 15 heavy (non-hydrogen) atoms. The molecule has 0 aliphatic carbocycles. The van der Waals surface area contributed by atoms with Gasteiger partial charge in [0.15, 0.2) is 0 Å². The van der Waals surface area contributed by atoms with E-state index in [4.69, 9.17) is 9.84 Å². The molecule has 0 saturated heterocycles. The molecule has 0 saturated carbocycles. The number of hydrogen-bond acceptors (Lipinski definition) is 2. The van der Waals surface area contributed by atoms with Gasteiger partial charge in [0.2, 0.25) is 0 Å². The number of aliphatic carboxylic acids is 1. The van der Waals surface area contributed by atoms with E-state index >= 15 is 0 Å². The van der Waals surface area contributed by atoms with Gasteiger partial charge in [-0.05, 0) is 44.0 Å². The maximum atomic E-state index is 10.4. The van der Waals surface area contributed by atoms with E-state index < -0.39 is 5.97 Å². The van der Waals surface area contributed by atoms with Gasteiger partial charge in [-0.3, -0.25) is 4.79 Å². The molecule has 0 unspecified atom stereocenters. The van der Waals surface area contributed by atoms with Crippen LogP contribution in [0.5, 0.6) is 5.75 Å². The van der Waals surface area contributed by atoms with E-state index in [0.29, 0.717) is 0 Å². The van der Waals surface area contributed by atoms with Gasteiger partial charge in [0.25, 0.3) is 0 Å². The summed E-state index contributed by atoms with van der Waals surface area (Å²) < 4.78 is 5.48. The van der Waals surface area contributed by atoms with Crippen LogP contribution in [0.15, 0.2) is 18.2 Å². The second-order valence-corrected chi connectivity index (χ2v) is 3.77. The van der Waals surface area contributed by atoms with Crippen molar-refractivity contribution < 1.29 is 14.6 Å². The van der Waals surface area contributed by atoms with Gasteiger partial charge in [0.1, 0.15) is 11.9 Å². The summed E-state index contributed by atoms with van der Waals surface area (Å²) in [4.78, 5) is 10.4. The summed E-state index contributed by atoms with van der Waals surface area (Å²) in [6.07, 6.45) is -0.281. The van der Waals surface area contributed by atoms with Crippen molar-refractivity contribution in [1.82, 2.24) is 0 Å². The van der Waals surface area contributed by atoms with E-state index in [1.807, 2.05) is 32.0 Å². The highest BCUT2D eigenvalue weighted by atomic mass is 16.5. The van der Waals surface area contributed by atoms with Crippen molar-refractivity contribution in [3.05, 3.63) is 29.3 Å². The molecule has 0 aromatic heterocycles. The normalized spacial score (nSPS) is 12.2. The van der Waals surface area contributed by atoms with Gasteiger partial charge in [-0.15, -0.1) is 0 Å². The fourth-order valence-corrected chi connectivity index (χ4v) is 1.31. The predicted molar refractivity (Wildman–Crippen MR) is 58.3 cm³/mol. The molecule has 1 aromatic rings. The van der Waals surface area contributed by atoms with Crippen LogP contribution < -0.4 is 4.74 Å². The quantitative estimate of drug-likeness (QED) is 0.827. The lowest BCUT2D eigenvalue weighted by molar-refractivity contribution is -0.138. The molecule has 0 bridgehead atoms. The Balaban J connectivity index is 2.64. The molecule has 0 amide bonds. The molecule has 1 N–H and O–H groups in total. The summed E-state index contributed by atoms with van der Waals surface area (Å²) in [5, 5.41) is 8.58. The Morgan fingerprint density at radius 3 is 2.60 bits per heavy atom. The lowest BCUT2D eigenvalue weighted by Crippen LogP contribution is -2.16. The average molecular weight is 208 g/mol. The first kappa shape index (κ1) is 11.6. The first-order valence-electron chi connectivity index (χ1n) is 4.94. The largest absolute Gasteiger partial charge is 0.490 e. The Kier molecular flexibility index (Phi) is 3.72. The van der Waals surface area contributed by atoms with Crippen LogP contribution in [0.4, 0.5) is 0 Å². The van der Waals surface area contributed by atoms with Crippen LogP contribution in [0.25, 0.3) is 0 Å². The van der Waals surface area contributed by atoms with Crippen LogP contribution in [0.1, 0.15) is 24.5 Å². The number of hydrogen-bond donors (Lipinski definition) is 1. The van der Waals surface area contributed by atoms with Crippen molar-refractivity contribution in [2.75, 3.05) is 0 Å². The highest BCUT2D eigenvalue weighted by molar-refractivity contribution is 5.67. The lowest BCUT2D eigenvalue weighted by Gasteiger charge is -2.13. The van der Waals surface area contributed by atoms with Crippen LogP contribution in [0, 0.1) is 13.8 Å². The third kappa shape index (κ3) is 3.62. The Bertz CT molecular complexity index is 358. The van der Waals surface area contributed by atoms with Gasteiger partial charge >= 0.3 is 5.97 Å². The Morgan fingerprint density at radius 1 is 1.40 bits per heavy atom. The van der Waals surface area contributed by atoms with Gasteiger partial charge in [0, 0.05) is 0 Å². The molecule has 3 nitrogen and oxygen atoms in total. The van der Waals surface area contributed by atoms with Crippen LogP contribution in [-0.4, -0.2) is 17.2 Å². The van der Waals surface area contributed by atoms with Crippen LogP contribution in [-0.2, 0) is 4.79 Å². The molecule has 1 atom stereocenters. The molecule has 0 fully saturated rings. The summed E-state index contributed by atoms with van der Waals surface area (Å²) in [6.45, 7) is 5.78. The lowest BCUT2D eigenvalue weighted by atomic mass is 10.1. The molecule has 0 radical (unpaired) electrons. The topological polar surface area (TPSA) is 46.5 Å². The third-order valence-corrected chi connectivity index (χ3v) is 2.28. The number of carboxylic acids is 1. The van der Waals surface area contributed by atoms with E-state index in [0.717, 1.165) is 11.3 Å². The number of ether oxygens (including phenoxy) is 1. The van der Waals surface area contributed by atoms with Gasteiger partial charge in [0.05, 0.1) is 6.42 Å². The molecule has 1 rings (SSSR count). The van der Waals surface area contributed by atoms with Crippen molar-refractivity contribution in [3.63, 3.8) is 0 Å². The zero-order valence-corrected chi connectivity index (χ0v) is 9.28. The summed E-state index contributed by atoms with van der Waals surface area (Å²) in [7, 11) is 0. The Labute approximate surface area is 89.7 Å². The number of carbonyl (C=O) groups is 1. The molecule has 3 heteroatoms. The SMILES string of the molecule is Cc1ccc(O[C@@H](C)CC(=O)O)cc1C. The molecule has 0 heterocycles. The van der Waals surface area contributed by atoms with Crippen molar-refractivity contribution in [2.24, 2.45) is 0 Å². The van der Waals surface area contributed by atoms with Crippen molar-refractivity contribution in [3.8, 4) is 5.75 Å². The summed E-state index contributed by atoms with van der Waals surface area (Å²) >= 11 is 0. The van der Waals surface area contributed by atoms with Crippen molar-refractivity contribution in [2.45, 2.75) is 33.3 Å². The molecule has 1 aromatic carbocycles. The zero-order valence-electron chi connectivity index (χ0n) is 9.28. The van der Waals surface area contributed by atoms with Gasteiger partial charge in [-0.1, -0.05) is 6.07 Å². The monoisotopic (exact) mass is 208 g/mol. The van der Waals surface area contributed by atoms with Gasteiger partial charge < -0.3 is 9.84 Å². The van der Waals surface area contributed by atoms with E-state index in [2.05, 4.69) is 0 Å². The Morgan fingerprint density at radius 2 is 2.07 bits per heavy atom.